The predicted octanol–water partition coefficient (Wildman–Crippen LogP) is -1.07. The number of halogens is 2. The van der Waals surface area contributed by atoms with Crippen molar-refractivity contribution in [3.05, 3.63) is 25.1 Å². The van der Waals surface area contributed by atoms with E-state index in [0.29, 0.717) is 0 Å². The summed E-state index contributed by atoms with van der Waals surface area (Å²) in [6, 6.07) is 0. The number of hydrogen-bond donors (Lipinski definition) is 5. The van der Waals surface area contributed by atoms with Gasteiger partial charge in [-0.1, -0.05) is 0 Å². The Morgan fingerprint density at radius 3 is 2.40 bits per heavy atom. The van der Waals surface area contributed by atoms with Gasteiger partial charge in [0, 0.05) is 7.11 Å². The van der Waals surface area contributed by atoms with Gasteiger partial charge in [-0.25, -0.2) is 28.9 Å². The SMILES string of the molecule is CO[C@H]1O[C@@H](n2cnc3c(N)ncnc32)C(O)C1OP(=O)(O)OC[C@H]1O[C@@H](n2cnc3c(N)nc(F)nc32)C(F)C1O. The molecule has 5 unspecified atom stereocenters. The highest BCUT2D eigenvalue weighted by molar-refractivity contribution is 7.47. The standard InChI is InChI=1S/C20H23F2N10O9P/c1-37-19-12(11(34)18(40-19)31-4-27-8-13(23)25-3-26-15(8)31)41-42(35,36)38-2-6-10(33)7(21)17(39-6)32-5-28-9-14(24)29-20(22)30-16(9)32/h3-7,10-12,17-19,33-34H,2H2,1H3,(H,35,36)(H2,23,25,26)(H2,24,29,30)/t6-,7?,10?,11?,12?,17-,18-,19+/m1/s1. The monoisotopic (exact) mass is 616 g/mol. The molecule has 6 heterocycles. The minimum atomic E-state index is -5.03. The van der Waals surface area contributed by atoms with Gasteiger partial charge in [0.15, 0.2) is 59.5 Å². The maximum Gasteiger partial charge on any atom is 0.472 e. The fraction of sp³-hybridized carbons (Fsp3) is 0.500. The highest BCUT2D eigenvalue weighted by atomic mass is 31.2. The van der Waals surface area contributed by atoms with Gasteiger partial charge in [0.25, 0.3) is 0 Å². The number of methoxy groups -OCH3 is 1. The summed E-state index contributed by atoms with van der Waals surface area (Å²) in [5.74, 6) is -0.216. The van der Waals surface area contributed by atoms with Crippen molar-refractivity contribution in [1.82, 2.24) is 39.0 Å². The summed E-state index contributed by atoms with van der Waals surface area (Å²) in [5.41, 5.74) is 11.6. The Kier molecular flexibility index (Phi) is 7.23. The van der Waals surface area contributed by atoms with E-state index in [1.54, 1.807) is 0 Å². The van der Waals surface area contributed by atoms with Gasteiger partial charge < -0.3 is 40.8 Å². The van der Waals surface area contributed by atoms with E-state index in [-0.39, 0.29) is 34.0 Å². The number of alkyl halides is 1. The summed E-state index contributed by atoms with van der Waals surface area (Å²) in [5, 5.41) is 21.3. The third-order valence-electron chi connectivity index (χ3n) is 6.71. The lowest BCUT2D eigenvalue weighted by Crippen LogP contribution is -2.35. The fourth-order valence-electron chi connectivity index (χ4n) is 4.72. The smallest absolute Gasteiger partial charge is 0.387 e. The van der Waals surface area contributed by atoms with Crippen molar-refractivity contribution in [2.24, 2.45) is 0 Å². The van der Waals surface area contributed by atoms with E-state index < -0.39 is 69.8 Å². The number of phosphoric acid groups is 1. The minimum absolute atomic E-state index is 0.0300. The van der Waals surface area contributed by atoms with Crippen LogP contribution in [0, 0.1) is 6.08 Å². The number of aliphatic hydroxyl groups excluding tert-OH is 2. The van der Waals surface area contributed by atoms with Crippen molar-refractivity contribution in [1.29, 1.82) is 0 Å². The van der Waals surface area contributed by atoms with Gasteiger partial charge in [-0.05, 0) is 0 Å². The summed E-state index contributed by atoms with van der Waals surface area (Å²) in [4.78, 5) is 33.2. The van der Waals surface area contributed by atoms with Crippen LogP contribution in [-0.2, 0) is 27.8 Å². The fourth-order valence-corrected chi connectivity index (χ4v) is 5.65. The van der Waals surface area contributed by atoms with Crippen LogP contribution in [0.5, 0.6) is 0 Å². The summed E-state index contributed by atoms with van der Waals surface area (Å²) in [7, 11) is -3.82. The average Bonchev–Trinajstić information content (AvgIpc) is 3.69. The molecule has 2 fully saturated rings. The van der Waals surface area contributed by atoms with Gasteiger partial charge in [0.05, 0.1) is 19.3 Å². The van der Waals surface area contributed by atoms with E-state index in [0.717, 1.165) is 10.9 Å². The molecule has 4 aromatic heterocycles. The molecular formula is C20H23F2N10O9P. The molecule has 2 saturated heterocycles. The molecule has 22 heteroatoms. The first-order valence-electron chi connectivity index (χ1n) is 12.1. The minimum Gasteiger partial charge on any atom is -0.387 e. The number of nitrogens with zero attached hydrogens (tertiary/aromatic N) is 8. The number of nitrogens with two attached hydrogens (primary N) is 2. The lowest BCUT2D eigenvalue weighted by atomic mass is 10.1. The number of nitrogen functional groups attached to an aromatic ring is 2. The van der Waals surface area contributed by atoms with Crippen molar-refractivity contribution < 1.29 is 51.7 Å². The van der Waals surface area contributed by atoms with Crippen molar-refractivity contribution in [3.63, 3.8) is 0 Å². The first-order chi connectivity index (χ1) is 20.0. The van der Waals surface area contributed by atoms with E-state index in [9.17, 15) is 24.1 Å². The first kappa shape index (κ1) is 28.6. The molecule has 0 aliphatic carbocycles. The van der Waals surface area contributed by atoms with Gasteiger partial charge >= 0.3 is 13.9 Å². The average molecular weight is 616 g/mol. The zero-order chi connectivity index (χ0) is 29.9. The molecule has 0 spiro atoms. The Bertz CT molecular complexity index is 1680. The zero-order valence-electron chi connectivity index (χ0n) is 21.3. The van der Waals surface area contributed by atoms with E-state index in [1.165, 1.54) is 24.3 Å². The second kappa shape index (κ2) is 10.6. The van der Waals surface area contributed by atoms with Crippen LogP contribution in [0.25, 0.3) is 22.3 Å². The number of ether oxygens (including phenoxy) is 3. The van der Waals surface area contributed by atoms with Gasteiger partial charge in [0.1, 0.15) is 30.2 Å². The summed E-state index contributed by atoms with van der Waals surface area (Å²) in [6.07, 6.45) is -10.5. The maximum atomic E-state index is 15.0. The predicted molar refractivity (Wildman–Crippen MR) is 132 cm³/mol. The Hall–Kier alpha value is -3.53. The van der Waals surface area contributed by atoms with Crippen LogP contribution in [0.1, 0.15) is 12.5 Å². The highest BCUT2D eigenvalue weighted by Gasteiger charge is 2.51. The van der Waals surface area contributed by atoms with E-state index in [1.807, 2.05) is 0 Å². The number of anilines is 2. The molecule has 2 aliphatic rings. The van der Waals surface area contributed by atoms with E-state index >= 15 is 4.39 Å². The van der Waals surface area contributed by atoms with Gasteiger partial charge in [-0.15, -0.1) is 0 Å². The van der Waals surface area contributed by atoms with Gasteiger partial charge in [0.2, 0.25) is 0 Å². The molecule has 42 heavy (non-hydrogen) atoms. The molecule has 9 atom stereocenters. The van der Waals surface area contributed by atoms with Gasteiger partial charge in [-0.2, -0.15) is 14.4 Å². The topological polar surface area (TPSA) is 263 Å². The van der Waals surface area contributed by atoms with Crippen LogP contribution in [0.4, 0.5) is 20.4 Å². The molecule has 226 valence electrons. The number of imidazole rings is 2. The van der Waals surface area contributed by atoms with E-state index in [2.05, 4.69) is 29.9 Å². The number of phosphoric ester groups is 1. The van der Waals surface area contributed by atoms with Crippen molar-refractivity contribution in [2.75, 3.05) is 25.2 Å². The Morgan fingerprint density at radius 1 is 1.00 bits per heavy atom. The van der Waals surface area contributed by atoms with Crippen LogP contribution >= 0.6 is 7.82 Å². The molecule has 7 N–H and O–H groups in total. The maximum absolute atomic E-state index is 15.0. The van der Waals surface area contributed by atoms with E-state index in [4.69, 9.17) is 34.7 Å². The molecule has 0 amide bonds. The molecule has 0 saturated carbocycles. The second-order valence-electron chi connectivity index (χ2n) is 9.24. The number of aromatic nitrogens is 8. The summed E-state index contributed by atoms with van der Waals surface area (Å²) in [6.45, 7) is -0.836. The molecular weight excluding hydrogens is 593 g/mol. The van der Waals surface area contributed by atoms with Crippen LogP contribution in [-0.4, -0.2) is 105 Å². The van der Waals surface area contributed by atoms with Crippen LogP contribution in [0.15, 0.2) is 19.0 Å². The molecule has 6 rings (SSSR count). The lowest BCUT2D eigenvalue weighted by molar-refractivity contribution is -0.159. The van der Waals surface area contributed by atoms with Crippen LogP contribution < -0.4 is 11.5 Å². The van der Waals surface area contributed by atoms with Gasteiger partial charge in [-0.3, -0.25) is 18.2 Å². The lowest BCUT2D eigenvalue weighted by Gasteiger charge is -2.23. The largest absolute Gasteiger partial charge is 0.472 e. The summed E-state index contributed by atoms with van der Waals surface area (Å²) < 4.78 is 70.3. The van der Waals surface area contributed by atoms with Crippen molar-refractivity contribution in [2.45, 2.75) is 49.3 Å². The Morgan fingerprint density at radius 2 is 1.69 bits per heavy atom. The Balaban J connectivity index is 1.14. The molecule has 19 nitrogen and oxygen atoms in total. The Labute approximate surface area is 232 Å². The molecule has 4 aromatic rings. The normalized spacial score (nSPS) is 31.3. The quantitative estimate of drug-likeness (QED) is 0.116. The zero-order valence-corrected chi connectivity index (χ0v) is 22.2. The third kappa shape index (κ3) is 4.83. The molecule has 0 bridgehead atoms. The number of rotatable bonds is 8. The van der Waals surface area contributed by atoms with Crippen LogP contribution in [0.3, 0.4) is 0 Å². The number of fused-ring (bicyclic) bond motifs is 2. The molecule has 0 aromatic carbocycles. The van der Waals surface area contributed by atoms with Crippen molar-refractivity contribution >= 4 is 41.8 Å². The number of aliphatic hydroxyl groups is 2. The second-order valence-corrected chi connectivity index (χ2v) is 10.6. The third-order valence-corrected chi connectivity index (χ3v) is 7.70. The highest BCUT2D eigenvalue weighted by Crippen LogP contribution is 2.49. The first-order valence-corrected chi connectivity index (χ1v) is 13.6. The van der Waals surface area contributed by atoms with Crippen LogP contribution in [0.2, 0.25) is 0 Å². The van der Waals surface area contributed by atoms with Crippen molar-refractivity contribution in [3.8, 4) is 0 Å². The molecule has 2 aliphatic heterocycles. The number of hydrogen-bond acceptors (Lipinski definition) is 16. The molecule has 0 radical (unpaired) electrons. The summed E-state index contributed by atoms with van der Waals surface area (Å²) >= 11 is 0.